The second kappa shape index (κ2) is 47.6. The van der Waals surface area contributed by atoms with E-state index in [-0.39, 0.29) is 4.33 Å². The number of hydrogen-bond acceptors (Lipinski definition) is 15. The Morgan fingerprint density at radius 2 is 1.05 bits per heavy atom. The molecule has 1 aliphatic rings. The molecular weight excluding hydrogens is 1260 g/mol. The van der Waals surface area contributed by atoms with Crippen LogP contribution in [0, 0.1) is 82.1 Å². The summed E-state index contributed by atoms with van der Waals surface area (Å²) in [7, 11) is 0. The van der Waals surface area contributed by atoms with E-state index in [1.807, 2.05) is 197 Å². The van der Waals surface area contributed by atoms with Crippen molar-refractivity contribution >= 4 is 104 Å². The number of thiazole rings is 2. The highest BCUT2D eigenvalue weighted by molar-refractivity contribution is 7.14. The largest absolute Gasteiger partial charge is 0.265 e. The maximum absolute atomic E-state index is 5.65. The molecule has 0 amide bonds. The van der Waals surface area contributed by atoms with Gasteiger partial charge in [0.1, 0.15) is 21.6 Å². The summed E-state index contributed by atoms with van der Waals surface area (Å²) in [6, 6.07) is 33.9. The van der Waals surface area contributed by atoms with E-state index in [0.29, 0.717) is 20.6 Å². The molecule has 12 rings (SSSR count). The third-order valence-electron chi connectivity index (χ3n) is 9.71. The van der Waals surface area contributed by atoms with Gasteiger partial charge in [0.05, 0.1) is 21.2 Å². The lowest BCUT2D eigenvalue weighted by Gasteiger charge is -1.90. The summed E-state index contributed by atoms with van der Waals surface area (Å²) < 4.78 is 0.275. The molecule has 0 aliphatic heterocycles. The van der Waals surface area contributed by atoms with Crippen molar-refractivity contribution in [3.05, 3.63) is 287 Å². The van der Waals surface area contributed by atoms with Crippen LogP contribution in [-0.2, 0) is 0 Å². The average molecular weight is 1340 g/mol. The Hall–Kier alpha value is -6.50. The minimum atomic E-state index is -0.347. The van der Waals surface area contributed by atoms with Gasteiger partial charge in [0.2, 0.25) is 0 Å². The predicted molar refractivity (Wildman–Crippen MR) is 363 cm³/mol. The van der Waals surface area contributed by atoms with Gasteiger partial charge in [-0.25, -0.2) is 29.9 Å². The molecule has 11 aromatic rings. The molecule has 1 atom stereocenters. The van der Waals surface area contributed by atoms with Gasteiger partial charge >= 0.3 is 0 Å². The second-order valence-electron chi connectivity index (χ2n) is 17.8. The number of halogens is 7. The Morgan fingerprint density at radius 1 is 0.430 bits per heavy atom. The molecule has 0 bridgehead atoms. The van der Waals surface area contributed by atoms with Crippen molar-refractivity contribution in [1.82, 2.24) is 64.8 Å². The SMILES string of the molecule is CC1CC1(Cl)Cl.Cc1cc(Cl)ccn1.Cc1ccc(Cl)cn1.Cc1cccc(Cl)n1.Cc1ccccn1.Cc1cccnc1.Cc1ccncc1.Cc1ccncn1.Cc1csc(Cl)n1.Cc1cscn1.Cc1ncccc1Cl.Cc1ncccn1. The van der Waals surface area contributed by atoms with Gasteiger partial charge < -0.3 is 0 Å². The van der Waals surface area contributed by atoms with Gasteiger partial charge in [-0.3, -0.25) is 34.9 Å². The van der Waals surface area contributed by atoms with Crippen molar-refractivity contribution in [2.24, 2.45) is 5.92 Å². The van der Waals surface area contributed by atoms with Gasteiger partial charge in [-0.1, -0.05) is 83.1 Å². The van der Waals surface area contributed by atoms with Crippen molar-refractivity contribution in [1.29, 1.82) is 0 Å². The van der Waals surface area contributed by atoms with Gasteiger partial charge in [0.15, 0.2) is 4.47 Å². The lowest BCUT2D eigenvalue weighted by molar-refractivity contribution is 0.963. The zero-order valence-electron chi connectivity index (χ0n) is 50.1. The van der Waals surface area contributed by atoms with Gasteiger partial charge in [-0.05, 0) is 191 Å². The fourth-order valence-corrected chi connectivity index (χ4v) is 7.38. The Kier molecular flexibility index (Phi) is 42.9. The minimum absolute atomic E-state index is 0.347. The lowest BCUT2D eigenvalue weighted by atomic mass is 10.3. The zero-order valence-corrected chi connectivity index (χ0v) is 57.0. The van der Waals surface area contributed by atoms with Crippen LogP contribution in [0.4, 0.5) is 0 Å². The molecule has 86 heavy (non-hydrogen) atoms. The smallest absolute Gasteiger partial charge is 0.183 e. The van der Waals surface area contributed by atoms with Crippen molar-refractivity contribution in [2.75, 3.05) is 0 Å². The van der Waals surface area contributed by atoms with E-state index in [9.17, 15) is 0 Å². The number of rotatable bonds is 0. The molecule has 1 aliphatic carbocycles. The molecule has 1 saturated carbocycles. The van der Waals surface area contributed by atoms with Crippen LogP contribution >= 0.6 is 104 Å². The molecule has 1 unspecified atom stereocenters. The number of aromatic nitrogens is 13. The molecule has 0 N–H and O–H groups in total. The topological polar surface area (TPSA) is 168 Å². The molecular formula is C64H72Cl7N13S2. The van der Waals surface area contributed by atoms with E-state index in [0.717, 1.165) is 67.8 Å². The van der Waals surface area contributed by atoms with E-state index >= 15 is 0 Å². The summed E-state index contributed by atoms with van der Waals surface area (Å²) in [5.41, 5.74) is 12.3. The third kappa shape index (κ3) is 45.8. The summed E-state index contributed by atoms with van der Waals surface area (Å²) in [5, 5.41) is 6.66. The predicted octanol–water partition coefficient (Wildman–Crippen LogP) is 19.7. The molecule has 1 fully saturated rings. The van der Waals surface area contributed by atoms with Crippen LogP contribution in [0.2, 0.25) is 24.7 Å². The van der Waals surface area contributed by atoms with Gasteiger partial charge in [0, 0.05) is 124 Å². The monoisotopic (exact) mass is 1330 g/mol. The number of pyridine rings is 7. The first-order valence-electron chi connectivity index (χ1n) is 26.2. The number of hydrogen-bond donors (Lipinski definition) is 0. The van der Waals surface area contributed by atoms with Crippen LogP contribution in [-0.4, -0.2) is 69.1 Å². The first kappa shape index (κ1) is 77.5. The zero-order chi connectivity index (χ0) is 64.0. The fourth-order valence-electron chi connectivity index (χ4n) is 4.94. The summed E-state index contributed by atoms with van der Waals surface area (Å²) in [6.07, 6.45) is 21.7. The van der Waals surface area contributed by atoms with Crippen LogP contribution < -0.4 is 0 Å². The summed E-state index contributed by atoms with van der Waals surface area (Å²) in [6.45, 7) is 23.4. The van der Waals surface area contributed by atoms with E-state index in [2.05, 4.69) is 64.8 Å². The van der Waals surface area contributed by atoms with Crippen molar-refractivity contribution in [3.8, 4) is 0 Å². The van der Waals surface area contributed by atoms with Crippen LogP contribution in [0.25, 0.3) is 0 Å². The first-order chi connectivity index (χ1) is 40.9. The molecule has 0 spiro atoms. The Balaban J connectivity index is 0.000000470. The second-order valence-corrected chi connectivity index (χ2v) is 23.2. The van der Waals surface area contributed by atoms with Crippen molar-refractivity contribution < 1.29 is 0 Å². The number of alkyl halides is 2. The minimum Gasteiger partial charge on any atom is -0.265 e. The first-order valence-corrected chi connectivity index (χ1v) is 30.6. The van der Waals surface area contributed by atoms with Gasteiger partial charge in [0.25, 0.3) is 0 Å². The van der Waals surface area contributed by atoms with E-state index in [1.54, 1.807) is 91.5 Å². The van der Waals surface area contributed by atoms with Crippen LogP contribution in [0.3, 0.4) is 0 Å². The summed E-state index contributed by atoms with van der Waals surface area (Å²) in [4.78, 5) is 50.7. The highest BCUT2D eigenvalue weighted by atomic mass is 35.5. The number of nitrogens with zero attached hydrogens (tertiary/aromatic N) is 13. The molecule has 0 aromatic carbocycles. The Morgan fingerprint density at radius 3 is 1.33 bits per heavy atom. The van der Waals surface area contributed by atoms with E-state index < -0.39 is 0 Å². The van der Waals surface area contributed by atoms with E-state index in [1.165, 1.54) is 28.8 Å². The Labute approximate surface area is 551 Å². The van der Waals surface area contributed by atoms with Crippen molar-refractivity contribution in [3.63, 3.8) is 0 Å². The number of aryl methyl sites for hydroxylation is 11. The van der Waals surface area contributed by atoms with Crippen LogP contribution in [0.15, 0.2) is 200 Å². The molecule has 454 valence electrons. The molecule has 13 nitrogen and oxygen atoms in total. The molecule has 0 saturated heterocycles. The highest BCUT2D eigenvalue weighted by Crippen LogP contribution is 2.52. The van der Waals surface area contributed by atoms with E-state index in [4.69, 9.17) is 81.2 Å². The van der Waals surface area contributed by atoms with Crippen LogP contribution in [0.5, 0.6) is 0 Å². The van der Waals surface area contributed by atoms with Gasteiger partial charge in [-0.2, -0.15) is 0 Å². The maximum atomic E-state index is 5.65. The Bertz CT molecular complexity index is 3010. The molecule has 11 heterocycles. The molecule has 11 aromatic heterocycles. The lowest BCUT2D eigenvalue weighted by Crippen LogP contribution is -1.81. The summed E-state index contributed by atoms with van der Waals surface area (Å²) >= 11 is 42.0. The van der Waals surface area contributed by atoms with Crippen LogP contribution in [0.1, 0.15) is 75.8 Å². The summed E-state index contributed by atoms with van der Waals surface area (Å²) in [5.74, 6) is 1.35. The molecule has 0 radical (unpaired) electrons. The highest BCUT2D eigenvalue weighted by Gasteiger charge is 2.47. The quantitative estimate of drug-likeness (QED) is 0.104. The maximum Gasteiger partial charge on any atom is 0.183 e. The third-order valence-corrected chi connectivity index (χ3v) is 13.6. The van der Waals surface area contributed by atoms with Crippen molar-refractivity contribution in [2.45, 2.75) is 93.8 Å². The standard InChI is InChI=1S/4C6H6ClN.3C6H7N.2C5H6N2.C4H6Cl2.C4H4ClNS.C4H5NS/c1-5-4-6(7)2-3-8-5;1-5-2-3-6(7)4-8-5;1-5-6(7)3-2-4-8-5;1-5-3-2-4-6(7)8-5;1-6-2-4-7-5-3-6;1-6-3-2-4-7-5-6;1-6-4-2-3-5-7-6;1-5-2-3-6-4-7-5;1-5-6-3-2-4-7-5;1-3-2-4(3,5)6;1-3-2-7-4(5)6-3;1-4-2-6-3-5-4/h4*2-4H,1H3;3*2-5H,1H3;2*2-4H,1H3;3H,2H2,1H3;2H,1H3;2-3H,1H3. The normalized spacial score (nSPS) is 11.1. The fraction of sp³-hybridized carbons (Fsp3) is 0.234. The molecule has 22 heteroatoms. The van der Waals surface area contributed by atoms with Gasteiger partial charge in [-0.15, -0.1) is 45.9 Å². The average Bonchev–Trinajstić information content (AvgIpc) is 2.65.